The third kappa shape index (κ3) is 5.53. The van der Waals surface area contributed by atoms with Gasteiger partial charge in [0.2, 0.25) is 11.8 Å². The van der Waals surface area contributed by atoms with Gasteiger partial charge in [0.05, 0.1) is 18.2 Å². The summed E-state index contributed by atoms with van der Waals surface area (Å²) in [5.74, 6) is -1.79. The van der Waals surface area contributed by atoms with Crippen molar-refractivity contribution >= 4 is 23.5 Å². The minimum absolute atomic E-state index is 0.224. The van der Waals surface area contributed by atoms with E-state index in [0.29, 0.717) is 43.9 Å². The van der Waals surface area contributed by atoms with Crippen molar-refractivity contribution < 1.29 is 23.5 Å². The Labute approximate surface area is 170 Å². The number of carbonyl (C=O) groups excluding carboxylic acids is 3. The number of esters is 1. The van der Waals surface area contributed by atoms with Crippen molar-refractivity contribution in [2.45, 2.75) is 45.1 Å². The molecular formula is C21H28FN3O4. The van der Waals surface area contributed by atoms with E-state index in [4.69, 9.17) is 4.74 Å². The number of amides is 2. The highest BCUT2D eigenvalue weighted by atomic mass is 19.1. The van der Waals surface area contributed by atoms with E-state index in [9.17, 15) is 18.8 Å². The summed E-state index contributed by atoms with van der Waals surface area (Å²) in [7, 11) is 0. The molecule has 0 bridgehead atoms. The highest BCUT2D eigenvalue weighted by Crippen LogP contribution is 2.29. The number of hydrogen-bond donors (Lipinski definition) is 1. The van der Waals surface area contributed by atoms with Crippen LogP contribution >= 0.6 is 0 Å². The van der Waals surface area contributed by atoms with Crippen molar-refractivity contribution in [1.82, 2.24) is 10.2 Å². The van der Waals surface area contributed by atoms with E-state index >= 15 is 0 Å². The molecule has 0 spiro atoms. The molecule has 0 saturated carbocycles. The van der Waals surface area contributed by atoms with Gasteiger partial charge in [0.25, 0.3) is 0 Å². The smallest absolute Gasteiger partial charge is 0.320 e. The van der Waals surface area contributed by atoms with E-state index in [1.807, 2.05) is 30.6 Å². The van der Waals surface area contributed by atoms with Crippen LogP contribution < -0.4 is 10.2 Å². The molecule has 7 nitrogen and oxygen atoms in total. The van der Waals surface area contributed by atoms with Crippen molar-refractivity contribution in [3.05, 3.63) is 29.6 Å². The third-order valence-corrected chi connectivity index (χ3v) is 5.10. The normalized spacial score (nSPS) is 21.1. The first-order valence-electron chi connectivity index (χ1n) is 9.95. The first-order chi connectivity index (χ1) is 13.6. The fourth-order valence-corrected chi connectivity index (χ4v) is 3.71. The first kappa shape index (κ1) is 21.2. The van der Waals surface area contributed by atoms with Crippen LogP contribution in [0.2, 0.25) is 0 Å². The summed E-state index contributed by atoms with van der Waals surface area (Å²) in [5, 5.41) is 2.31. The van der Waals surface area contributed by atoms with E-state index in [1.165, 1.54) is 6.07 Å². The Morgan fingerprint density at radius 2 is 1.90 bits per heavy atom. The molecule has 8 heteroatoms. The summed E-state index contributed by atoms with van der Waals surface area (Å²) >= 11 is 0. The van der Waals surface area contributed by atoms with Crippen LogP contribution in [0.3, 0.4) is 0 Å². The van der Waals surface area contributed by atoms with Crippen LogP contribution in [0.5, 0.6) is 0 Å². The summed E-state index contributed by atoms with van der Waals surface area (Å²) in [5.41, 5.74) is 0.560. The molecule has 2 heterocycles. The van der Waals surface area contributed by atoms with Crippen LogP contribution in [0.25, 0.3) is 0 Å². The second-order valence-corrected chi connectivity index (χ2v) is 8.56. The van der Waals surface area contributed by atoms with E-state index in [0.717, 1.165) is 0 Å². The third-order valence-electron chi connectivity index (χ3n) is 5.10. The molecule has 1 aromatic rings. The highest BCUT2D eigenvalue weighted by molar-refractivity contribution is 6.00. The molecule has 0 radical (unpaired) electrons. The number of rotatable bonds is 4. The number of hydrogen-bond acceptors (Lipinski definition) is 6. The van der Waals surface area contributed by atoms with E-state index in [1.54, 1.807) is 12.1 Å². The summed E-state index contributed by atoms with van der Waals surface area (Å²) in [6, 6.07) is 4.84. The maximum atomic E-state index is 14.8. The number of piperidine rings is 1. The molecule has 29 heavy (non-hydrogen) atoms. The van der Waals surface area contributed by atoms with Crippen molar-refractivity contribution in [2.24, 2.45) is 0 Å². The van der Waals surface area contributed by atoms with Gasteiger partial charge >= 0.3 is 5.97 Å². The van der Waals surface area contributed by atoms with Gasteiger partial charge in [-0.1, -0.05) is 6.07 Å². The lowest BCUT2D eigenvalue weighted by Crippen LogP contribution is -2.49. The van der Waals surface area contributed by atoms with Gasteiger partial charge in [-0.05, 0) is 44.9 Å². The monoisotopic (exact) mass is 405 g/mol. The molecule has 0 aliphatic carbocycles. The molecule has 2 aliphatic rings. The van der Waals surface area contributed by atoms with Gasteiger partial charge in [0.1, 0.15) is 11.4 Å². The number of nitrogens with one attached hydrogen (secondary N) is 1. The molecule has 2 aliphatic heterocycles. The average Bonchev–Trinajstić information content (AvgIpc) is 2.61. The first-order valence-corrected chi connectivity index (χ1v) is 9.95. The number of nitrogens with zero attached hydrogens (tertiary/aromatic N) is 2. The Bertz CT molecular complexity index is 798. The lowest BCUT2D eigenvalue weighted by molar-refractivity contribution is -0.156. The topological polar surface area (TPSA) is 79.0 Å². The van der Waals surface area contributed by atoms with E-state index in [-0.39, 0.29) is 36.6 Å². The zero-order valence-corrected chi connectivity index (χ0v) is 17.2. The number of carbonyl (C=O) groups is 3. The summed E-state index contributed by atoms with van der Waals surface area (Å²) in [4.78, 5) is 39.2. The molecule has 1 aromatic carbocycles. The Hall–Kier alpha value is -2.48. The lowest BCUT2D eigenvalue weighted by atomic mass is 9.90. The molecule has 3 rings (SSSR count). The van der Waals surface area contributed by atoms with Crippen molar-refractivity contribution in [1.29, 1.82) is 0 Å². The molecule has 1 atom stereocenters. The number of anilines is 1. The number of benzene rings is 1. The second-order valence-electron chi connectivity index (χ2n) is 8.56. The van der Waals surface area contributed by atoms with Crippen LogP contribution in [-0.4, -0.2) is 61.0 Å². The molecule has 158 valence electrons. The molecule has 1 N–H and O–H groups in total. The van der Waals surface area contributed by atoms with Crippen LogP contribution in [0.4, 0.5) is 10.1 Å². The average molecular weight is 405 g/mol. The SMILES string of the molecule is CC(C)(C)OC(=O)CN1CCN(c2ccc([C@H]3CCC(=O)NC3=O)cc2F)CC1. The van der Waals surface area contributed by atoms with E-state index in [2.05, 4.69) is 5.32 Å². The number of imide groups is 1. The standard InChI is InChI=1S/C21H28FN3O4/c1-21(2,3)29-19(27)13-24-8-10-25(11-9-24)17-6-4-14(12-16(17)22)15-5-7-18(26)23-20(15)28/h4,6,12,15H,5,7-11,13H2,1-3H3,(H,23,26,28)/t15-/m1/s1. The minimum Gasteiger partial charge on any atom is -0.459 e. The van der Waals surface area contributed by atoms with Crippen molar-refractivity contribution in [2.75, 3.05) is 37.6 Å². The Morgan fingerprint density at radius 3 is 2.48 bits per heavy atom. The lowest BCUT2D eigenvalue weighted by Gasteiger charge is -2.36. The Balaban J connectivity index is 1.58. The van der Waals surface area contributed by atoms with Crippen LogP contribution in [0.1, 0.15) is 45.1 Å². The summed E-state index contributed by atoms with van der Waals surface area (Å²) in [6.45, 7) is 8.19. The second kappa shape index (κ2) is 8.49. The van der Waals surface area contributed by atoms with E-state index < -0.39 is 11.5 Å². The molecule has 2 fully saturated rings. The minimum atomic E-state index is -0.508. The Kier molecular flexibility index (Phi) is 6.21. The van der Waals surface area contributed by atoms with Gasteiger partial charge < -0.3 is 9.64 Å². The molecule has 0 aromatic heterocycles. The van der Waals surface area contributed by atoms with Crippen molar-refractivity contribution in [3.63, 3.8) is 0 Å². The van der Waals surface area contributed by atoms with Crippen LogP contribution in [-0.2, 0) is 19.1 Å². The van der Waals surface area contributed by atoms with Gasteiger partial charge in [-0.15, -0.1) is 0 Å². The molecular weight excluding hydrogens is 377 g/mol. The number of halogens is 1. The van der Waals surface area contributed by atoms with Crippen LogP contribution in [0.15, 0.2) is 18.2 Å². The largest absolute Gasteiger partial charge is 0.459 e. The zero-order chi connectivity index (χ0) is 21.2. The van der Waals surface area contributed by atoms with Gasteiger partial charge in [-0.2, -0.15) is 0 Å². The zero-order valence-electron chi connectivity index (χ0n) is 17.2. The quantitative estimate of drug-likeness (QED) is 0.608. The predicted molar refractivity (Wildman–Crippen MR) is 106 cm³/mol. The highest BCUT2D eigenvalue weighted by Gasteiger charge is 2.29. The number of ether oxygens (including phenoxy) is 1. The van der Waals surface area contributed by atoms with Crippen LogP contribution in [0, 0.1) is 5.82 Å². The number of piperazine rings is 1. The Morgan fingerprint density at radius 1 is 1.21 bits per heavy atom. The van der Waals surface area contributed by atoms with Gasteiger partial charge in [-0.3, -0.25) is 24.6 Å². The molecule has 0 unspecified atom stereocenters. The fourth-order valence-electron chi connectivity index (χ4n) is 3.71. The maximum absolute atomic E-state index is 14.8. The summed E-state index contributed by atoms with van der Waals surface area (Å²) < 4.78 is 20.1. The predicted octanol–water partition coefficient (Wildman–Crippen LogP) is 1.81. The van der Waals surface area contributed by atoms with Gasteiger partial charge in [0.15, 0.2) is 0 Å². The molecule has 2 saturated heterocycles. The van der Waals surface area contributed by atoms with Gasteiger partial charge in [0, 0.05) is 32.6 Å². The molecule has 2 amide bonds. The van der Waals surface area contributed by atoms with Crippen molar-refractivity contribution in [3.8, 4) is 0 Å². The van der Waals surface area contributed by atoms with Gasteiger partial charge in [-0.25, -0.2) is 4.39 Å². The maximum Gasteiger partial charge on any atom is 0.320 e. The fraction of sp³-hybridized carbons (Fsp3) is 0.571. The summed E-state index contributed by atoms with van der Waals surface area (Å²) in [6.07, 6.45) is 0.659.